The summed E-state index contributed by atoms with van der Waals surface area (Å²) in [6.07, 6.45) is 0.560. The second-order valence-electron chi connectivity index (χ2n) is 7.62. The minimum Gasteiger partial charge on any atom is -0.444 e. The van der Waals surface area contributed by atoms with Gasteiger partial charge in [0.05, 0.1) is 12.6 Å². The van der Waals surface area contributed by atoms with Gasteiger partial charge in [-0.1, -0.05) is 30.3 Å². The molecule has 2 heterocycles. The molecule has 3 rings (SSSR count). The summed E-state index contributed by atoms with van der Waals surface area (Å²) in [5.74, 6) is -1.61. The van der Waals surface area contributed by atoms with Crippen molar-refractivity contribution < 1.29 is 13.9 Å². The van der Waals surface area contributed by atoms with Crippen molar-refractivity contribution in [2.45, 2.75) is 57.6 Å². The van der Waals surface area contributed by atoms with Crippen molar-refractivity contribution in [3.63, 3.8) is 0 Å². The van der Waals surface area contributed by atoms with Crippen LogP contribution in [0.25, 0.3) is 0 Å². The average molecular weight is 320 g/mol. The number of halogens is 1. The molecule has 126 valence electrons. The highest BCUT2D eigenvalue weighted by molar-refractivity contribution is 5.70. The Balaban J connectivity index is 1.71. The van der Waals surface area contributed by atoms with Crippen LogP contribution in [0.4, 0.5) is 9.18 Å². The van der Waals surface area contributed by atoms with Gasteiger partial charge in [0.15, 0.2) is 0 Å². The van der Waals surface area contributed by atoms with E-state index in [1.54, 1.807) is 0 Å². The second kappa shape index (κ2) is 5.78. The molecule has 5 heteroatoms. The minimum absolute atomic E-state index is 0.104. The lowest BCUT2D eigenvalue weighted by molar-refractivity contribution is -0.0881. The van der Waals surface area contributed by atoms with Crippen molar-refractivity contribution in [3.8, 4) is 0 Å². The summed E-state index contributed by atoms with van der Waals surface area (Å²) >= 11 is 0. The summed E-state index contributed by atoms with van der Waals surface area (Å²) in [5.41, 5.74) is 0.565. The highest BCUT2D eigenvalue weighted by atomic mass is 19.1. The third-order valence-electron chi connectivity index (χ3n) is 4.43. The molecule has 0 aromatic heterocycles. The van der Waals surface area contributed by atoms with Crippen LogP contribution in [0.5, 0.6) is 0 Å². The van der Waals surface area contributed by atoms with Gasteiger partial charge in [-0.05, 0) is 32.8 Å². The van der Waals surface area contributed by atoms with E-state index in [1.807, 2.05) is 51.1 Å². The number of likely N-dealkylation sites (tertiary alicyclic amines) is 1. The number of benzene rings is 1. The van der Waals surface area contributed by atoms with E-state index >= 15 is 4.39 Å². The lowest BCUT2D eigenvalue weighted by Crippen LogP contribution is -2.61. The number of carbonyl (C=O) groups excluding carboxylic acids is 1. The fraction of sp³-hybridized carbons (Fsp3) is 0.611. The molecule has 4 nitrogen and oxygen atoms in total. The molecule has 2 unspecified atom stereocenters. The van der Waals surface area contributed by atoms with Gasteiger partial charge in [-0.25, -0.2) is 9.18 Å². The number of ether oxygens (including phenoxy) is 1. The molecule has 23 heavy (non-hydrogen) atoms. The molecule has 0 radical (unpaired) electrons. The largest absolute Gasteiger partial charge is 0.444 e. The monoisotopic (exact) mass is 320 g/mol. The number of nitrogens with zero attached hydrogens (tertiary/aromatic N) is 2. The lowest BCUT2D eigenvalue weighted by atomic mass is 10.1. The highest BCUT2D eigenvalue weighted by Crippen LogP contribution is 2.41. The molecule has 2 atom stereocenters. The topological polar surface area (TPSA) is 32.8 Å². The SMILES string of the molecule is CC(C)(C)OC(=O)N1C2CCC1(F)CN(Cc1ccccc1)C2. The summed E-state index contributed by atoms with van der Waals surface area (Å²) in [6.45, 7) is 7.08. The first-order valence-electron chi connectivity index (χ1n) is 8.24. The maximum absolute atomic E-state index is 15.4. The van der Waals surface area contributed by atoms with Crippen molar-refractivity contribution in [2.24, 2.45) is 0 Å². The molecule has 2 saturated heterocycles. The van der Waals surface area contributed by atoms with E-state index in [1.165, 1.54) is 10.5 Å². The maximum atomic E-state index is 15.4. The van der Waals surface area contributed by atoms with E-state index in [9.17, 15) is 4.79 Å². The summed E-state index contributed by atoms with van der Waals surface area (Å²) in [4.78, 5) is 15.8. The van der Waals surface area contributed by atoms with Gasteiger partial charge in [0.2, 0.25) is 5.79 Å². The van der Waals surface area contributed by atoms with Crippen LogP contribution in [0, 0.1) is 0 Å². The molecule has 0 saturated carbocycles. The third kappa shape index (κ3) is 3.50. The van der Waals surface area contributed by atoms with Crippen LogP contribution < -0.4 is 0 Å². The Morgan fingerprint density at radius 3 is 2.65 bits per heavy atom. The van der Waals surface area contributed by atoms with Gasteiger partial charge in [-0.3, -0.25) is 9.80 Å². The van der Waals surface area contributed by atoms with Gasteiger partial charge in [0.25, 0.3) is 0 Å². The molecular formula is C18H25FN2O2. The van der Waals surface area contributed by atoms with Crippen LogP contribution in [-0.4, -0.2) is 46.4 Å². The van der Waals surface area contributed by atoms with Gasteiger partial charge in [0, 0.05) is 19.5 Å². The minimum atomic E-state index is -1.61. The zero-order valence-corrected chi connectivity index (χ0v) is 14.1. The van der Waals surface area contributed by atoms with Crippen LogP contribution in [0.2, 0.25) is 0 Å². The third-order valence-corrected chi connectivity index (χ3v) is 4.43. The Morgan fingerprint density at radius 2 is 2.04 bits per heavy atom. The van der Waals surface area contributed by atoms with Gasteiger partial charge >= 0.3 is 6.09 Å². The van der Waals surface area contributed by atoms with Gasteiger partial charge < -0.3 is 4.74 Å². The highest BCUT2D eigenvalue weighted by Gasteiger charge is 2.55. The molecule has 2 bridgehead atoms. The van der Waals surface area contributed by atoms with Crippen LogP contribution in [0.15, 0.2) is 30.3 Å². The first-order valence-corrected chi connectivity index (χ1v) is 8.24. The van der Waals surface area contributed by atoms with Gasteiger partial charge in [-0.2, -0.15) is 0 Å². The van der Waals surface area contributed by atoms with Crippen molar-refractivity contribution in [1.29, 1.82) is 0 Å². The number of alkyl halides is 1. The summed E-state index contributed by atoms with van der Waals surface area (Å²) in [7, 11) is 0. The van der Waals surface area contributed by atoms with E-state index in [0.29, 0.717) is 25.9 Å². The Hall–Kier alpha value is -1.62. The standard InChI is InChI=1S/C18H25FN2O2/c1-17(2,3)23-16(22)21-15-9-10-18(21,19)13-20(12-15)11-14-7-5-4-6-8-14/h4-8,15H,9-13H2,1-3H3. The maximum Gasteiger partial charge on any atom is 0.413 e. The predicted molar refractivity (Wildman–Crippen MR) is 86.7 cm³/mol. The molecule has 0 spiro atoms. The molecule has 1 amide bonds. The van der Waals surface area contributed by atoms with Crippen LogP contribution >= 0.6 is 0 Å². The van der Waals surface area contributed by atoms with E-state index in [2.05, 4.69) is 4.90 Å². The number of hydrogen-bond acceptors (Lipinski definition) is 3. The van der Waals surface area contributed by atoms with E-state index < -0.39 is 17.5 Å². The lowest BCUT2D eigenvalue weighted by Gasteiger charge is -2.44. The van der Waals surface area contributed by atoms with E-state index in [-0.39, 0.29) is 12.6 Å². The number of amides is 1. The number of hydrogen-bond donors (Lipinski definition) is 0. The number of rotatable bonds is 2. The zero-order chi connectivity index (χ0) is 16.7. The average Bonchev–Trinajstić information content (AvgIpc) is 2.65. The number of fused-ring (bicyclic) bond motifs is 2. The summed E-state index contributed by atoms with van der Waals surface area (Å²) in [6, 6.07) is 9.95. The van der Waals surface area contributed by atoms with Crippen molar-refractivity contribution in [3.05, 3.63) is 35.9 Å². The van der Waals surface area contributed by atoms with Gasteiger partial charge in [0.1, 0.15) is 5.60 Å². The summed E-state index contributed by atoms with van der Waals surface area (Å²) < 4.78 is 20.8. The zero-order valence-electron chi connectivity index (χ0n) is 14.1. The molecule has 2 aliphatic heterocycles. The van der Waals surface area contributed by atoms with Crippen molar-refractivity contribution >= 4 is 6.09 Å². The Morgan fingerprint density at radius 1 is 1.35 bits per heavy atom. The van der Waals surface area contributed by atoms with E-state index in [4.69, 9.17) is 4.74 Å². The predicted octanol–water partition coefficient (Wildman–Crippen LogP) is 3.57. The Bertz CT molecular complexity index is 572. The van der Waals surface area contributed by atoms with Gasteiger partial charge in [-0.15, -0.1) is 0 Å². The van der Waals surface area contributed by atoms with Crippen molar-refractivity contribution in [2.75, 3.05) is 13.1 Å². The second-order valence-corrected chi connectivity index (χ2v) is 7.62. The molecule has 0 aliphatic carbocycles. The Labute approximate surface area is 137 Å². The molecule has 2 fully saturated rings. The smallest absolute Gasteiger partial charge is 0.413 e. The quantitative estimate of drug-likeness (QED) is 0.781. The Kier molecular flexibility index (Phi) is 4.08. The normalized spacial score (nSPS) is 28.0. The number of piperazine rings is 1. The molecular weight excluding hydrogens is 295 g/mol. The summed E-state index contributed by atoms with van der Waals surface area (Å²) in [5, 5.41) is 0. The molecule has 1 aromatic carbocycles. The fourth-order valence-electron chi connectivity index (χ4n) is 3.58. The number of carbonyl (C=O) groups is 1. The van der Waals surface area contributed by atoms with Crippen LogP contribution in [-0.2, 0) is 11.3 Å². The van der Waals surface area contributed by atoms with Crippen LogP contribution in [0.1, 0.15) is 39.2 Å². The fourth-order valence-corrected chi connectivity index (χ4v) is 3.58. The molecule has 2 aliphatic rings. The van der Waals surface area contributed by atoms with E-state index in [0.717, 1.165) is 0 Å². The first kappa shape index (κ1) is 16.2. The molecule has 0 N–H and O–H groups in total. The first-order chi connectivity index (χ1) is 10.8. The molecule has 1 aromatic rings. The van der Waals surface area contributed by atoms with Crippen LogP contribution in [0.3, 0.4) is 0 Å². The van der Waals surface area contributed by atoms with Crippen molar-refractivity contribution in [1.82, 2.24) is 9.80 Å².